The molecule has 5 nitrogen and oxygen atoms in total. The van der Waals surface area contributed by atoms with Gasteiger partial charge in [-0.2, -0.15) is 0 Å². The van der Waals surface area contributed by atoms with Crippen molar-refractivity contribution in [2.24, 2.45) is 0 Å². The lowest BCUT2D eigenvalue weighted by atomic mass is 10.2. The van der Waals surface area contributed by atoms with Crippen LogP contribution in [0.15, 0.2) is 16.5 Å². The van der Waals surface area contributed by atoms with Crippen molar-refractivity contribution in [3.8, 4) is 0 Å². The molecule has 0 saturated carbocycles. The van der Waals surface area contributed by atoms with Gasteiger partial charge in [0.1, 0.15) is 11.5 Å². The summed E-state index contributed by atoms with van der Waals surface area (Å²) in [4.78, 5) is 25.2. The van der Waals surface area contributed by atoms with Crippen molar-refractivity contribution in [3.05, 3.63) is 23.7 Å². The van der Waals surface area contributed by atoms with Gasteiger partial charge < -0.3 is 14.1 Å². The van der Waals surface area contributed by atoms with Gasteiger partial charge >= 0.3 is 5.97 Å². The monoisotopic (exact) mass is 281 g/mol. The van der Waals surface area contributed by atoms with E-state index < -0.39 is 0 Å². The molecular weight excluding hydrogens is 258 g/mol. The van der Waals surface area contributed by atoms with Gasteiger partial charge in [0.25, 0.3) is 0 Å². The third-order valence-corrected chi connectivity index (χ3v) is 2.91. The summed E-state index contributed by atoms with van der Waals surface area (Å²) >= 11 is 0. The van der Waals surface area contributed by atoms with E-state index in [1.165, 1.54) is 0 Å². The van der Waals surface area contributed by atoms with Crippen LogP contribution in [0.5, 0.6) is 0 Å². The number of carbonyl (C=O) groups excluding carboxylic acids is 2. The molecule has 112 valence electrons. The summed E-state index contributed by atoms with van der Waals surface area (Å²) in [7, 11) is 0. The van der Waals surface area contributed by atoms with Gasteiger partial charge in [0.2, 0.25) is 5.91 Å². The molecule has 1 amide bonds. The highest BCUT2D eigenvalue weighted by atomic mass is 16.5. The summed E-state index contributed by atoms with van der Waals surface area (Å²) in [5.41, 5.74) is 0. The predicted molar refractivity (Wildman–Crippen MR) is 75.0 cm³/mol. The van der Waals surface area contributed by atoms with E-state index in [-0.39, 0.29) is 30.8 Å². The zero-order valence-electron chi connectivity index (χ0n) is 12.6. The molecule has 0 aliphatic heterocycles. The van der Waals surface area contributed by atoms with Gasteiger partial charge in [-0.25, -0.2) is 0 Å². The second kappa shape index (κ2) is 7.72. The molecule has 0 saturated heterocycles. The Balaban J connectivity index is 2.57. The molecule has 1 aromatic rings. The van der Waals surface area contributed by atoms with Crippen molar-refractivity contribution >= 4 is 11.9 Å². The van der Waals surface area contributed by atoms with Crippen molar-refractivity contribution in [1.82, 2.24) is 4.90 Å². The topological polar surface area (TPSA) is 59.8 Å². The van der Waals surface area contributed by atoms with Crippen LogP contribution in [0.25, 0.3) is 0 Å². The van der Waals surface area contributed by atoms with Crippen molar-refractivity contribution in [2.75, 3.05) is 6.61 Å². The highest BCUT2D eigenvalue weighted by Gasteiger charge is 2.19. The summed E-state index contributed by atoms with van der Waals surface area (Å²) < 4.78 is 10.3. The summed E-state index contributed by atoms with van der Waals surface area (Å²) in [6.07, 6.45) is 0.282. The van der Waals surface area contributed by atoms with Crippen LogP contribution in [0.2, 0.25) is 0 Å². The molecule has 1 aromatic heterocycles. The van der Waals surface area contributed by atoms with Crippen LogP contribution in [0.4, 0.5) is 0 Å². The van der Waals surface area contributed by atoms with Crippen LogP contribution in [0.3, 0.4) is 0 Å². The van der Waals surface area contributed by atoms with Gasteiger partial charge in [0.15, 0.2) is 0 Å². The Bertz CT molecular complexity index is 450. The second-order valence-corrected chi connectivity index (χ2v) is 4.93. The smallest absolute Gasteiger partial charge is 0.306 e. The number of ether oxygens (including phenoxy) is 1. The number of aryl methyl sites for hydroxylation is 1. The van der Waals surface area contributed by atoms with Crippen LogP contribution in [-0.2, 0) is 20.9 Å². The molecule has 0 unspecified atom stereocenters. The Hall–Kier alpha value is -1.78. The molecule has 0 radical (unpaired) electrons. The van der Waals surface area contributed by atoms with Crippen molar-refractivity contribution in [1.29, 1.82) is 0 Å². The number of carbonyl (C=O) groups is 2. The van der Waals surface area contributed by atoms with E-state index in [0.717, 1.165) is 11.5 Å². The maximum absolute atomic E-state index is 12.2. The van der Waals surface area contributed by atoms with Crippen LogP contribution in [-0.4, -0.2) is 29.4 Å². The molecule has 0 atom stereocenters. The van der Waals surface area contributed by atoms with Gasteiger partial charge in [-0.1, -0.05) is 0 Å². The maximum Gasteiger partial charge on any atom is 0.306 e. The highest BCUT2D eigenvalue weighted by molar-refractivity contribution is 5.81. The van der Waals surface area contributed by atoms with Gasteiger partial charge in [-0.3, -0.25) is 9.59 Å². The van der Waals surface area contributed by atoms with Crippen molar-refractivity contribution < 1.29 is 18.7 Å². The first-order valence-electron chi connectivity index (χ1n) is 6.94. The molecule has 0 bridgehead atoms. The first-order chi connectivity index (χ1) is 9.43. The lowest BCUT2D eigenvalue weighted by Gasteiger charge is -2.25. The van der Waals surface area contributed by atoms with E-state index in [9.17, 15) is 9.59 Å². The minimum absolute atomic E-state index is 0.0510. The molecular formula is C15H23NO4. The average molecular weight is 281 g/mol. The zero-order valence-corrected chi connectivity index (χ0v) is 12.6. The van der Waals surface area contributed by atoms with Crippen molar-refractivity contribution in [3.63, 3.8) is 0 Å². The predicted octanol–water partition coefficient (Wildman–Crippen LogP) is 2.67. The number of hydrogen-bond acceptors (Lipinski definition) is 4. The Kier molecular flexibility index (Phi) is 6.28. The molecule has 5 heteroatoms. The Morgan fingerprint density at radius 3 is 2.50 bits per heavy atom. The Morgan fingerprint density at radius 2 is 2.00 bits per heavy atom. The Morgan fingerprint density at radius 1 is 1.30 bits per heavy atom. The number of rotatable bonds is 7. The minimum atomic E-state index is -0.335. The molecule has 0 spiro atoms. The SMILES string of the molecule is CCOC(=O)CCC(=O)N(Cc1ccc(C)o1)C(C)C. The van der Waals surface area contributed by atoms with E-state index in [4.69, 9.17) is 9.15 Å². The zero-order chi connectivity index (χ0) is 15.1. The quantitative estimate of drug-likeness (QED) is 0.721. The summed E-state index contributed by atoms with van der Waals surface area (Å²) in [6, 6.07) is 3.79. The summed E-state index contributed by atoms with van der Waals surface area (Å²) in [5, 5.41) is 0. The summed E-state index contributed by atoms with van der Waals surface area (Å²) in [6.45, 7) is 8.26. The molecule has 1 heterocycles. The fourth-order valence-electron chi connectivity index (χ4n) is 1.88. The largest absolute Gasteiger partial charge is 0.466 e. The number of nitrogens with zero attached hydrogens (tertiary/aromatic N) is 1. The second-order valence-electron chi connectivity index (χ2n) is 4.93. The third-order valence-electron chi connectivity index (χ3n) is 2.91. The fourth-order valence-corrected chi connectivity index (χ4v) is 1.88. The molecule has 0 aliphatic rings. The van der Waals surface area contributed by atoms with Gasteiger partial charge in [0.05, 0.1) is 19.6 Å². The normalized spacial score (nSPS) is 10.7. The third kappa shape index (κ3) is 5.07. The average Bonchev–Trinajstić information content (AvgIpc) is 2.79. The highest BCUT2D eigenvalue weighted by Crippen LogP contribution is 2.13. The Labute approximate surface area is 119 Å². The van der Waals surface area contributed by atoms with Gasteiger partial charge in [-0.15, -0.1) is 0 Å². The standard InChI is InChI=1S/C15H23NO4/c1-5-19-15(18)9-8-14(17)16(11(2)3)10-13-7-6-12(4)20-13/h6-7,11H,5,8-10H2,1-4H3. The van der Waals surface area contributed by atoms with E-state index >= 15 is 0 Å². The molecule has 0 aromatic carbocycles. The van der Waals surface area contributed by atoms with Crippen molar-refractivity contribution in [2.45, 2.75) is 53.1 Å². The van der Waals surface area contributed by atoms with E-state index in [0.29, 0.717) is 13.2 Å². The van der Waals surface area contributed by atoms with E-state index in [2.05, 4.69) is 0 Å². The first kappa shape index (κ1) is 16.3. The van der Waals surface area contributed by atoms with Crippen LogP contribution < -0.4 is 0 Å². The lowest BCUT2D eigenvalue weighted by Crippen LogP contribution is -2.36. The number of esters is 1. The van der Waals surface area contributed by atoms with Crippen LogP contribution >= 0.6 is 0 Å². The number of hydrogen-bond donors (Lipinski definition) is 0. The first-order valence-corrected chi connectivity index (χ1v) is 6.94. The summed E-state index contributed by atoms with van der Waals surface area (Å²) in [5.74, 6) is 1.17. The van der Waals surface area contributed by atoms with E-state index in [1.54, 1.807) is 11.8 Å². The number of furan rings is 1. The molecule has 0 fully saturated rings. The van der Waals surface area contributed by atoms with Crippen LogP contribution in [0.1, 0.15) is 45.1 Å². The fraction of sp³-hybridized carbons (Fsp3) is 0.600. The molecule has 0 N–H and O–H groups in total. The molecule has 1 rings (SSSR count). The maximum atomic E-state index is 12.2. The molecule has 0 aliphatic carbocycles. The van der Waals surface area contributed by atoms with Crippen LogP contribution in [0, 0.1) is 6.92 Å². The van der Waals surface area contributed by atoms with Gasteiger partial charge in [0, 0.05) is 12.5 Å². The lowest BCUT2D eigenvalue weighted by molar-refractivity contribution is -0.146. The molecule has 20 heavy (non-hydrogen) atoms. The van der Waals surface area contributed by atoms with Gasteiger partial charge in [-0.05, 0) is 39.8 Å². The number of amides is 1. The minimum Gasteiger partial charge on any atom is -0.466 e. The van der Waals surface area contributed by atoms with E-state index in [1.807, 2.05) is 32.9 Å².